The van der Waals surface area contributed by atoms with Crippen LogP contribution < -0.4 is 16.6 Å². The smallest absolute Gasteiger partial charge is 0.323 e. The highest BCUT2D eigenvalue weighted by atomic mass is 79.9. The summed E-state index contributed by atoms with van der Waals surface area (Å²) in [6.45, 7) is 1.53. The lowest BCUT2D eigenvalue weighted by Gasteiger charge is -2.10. The number of hydrogen-bond donors (Lipinski definition) is 1. The molecule has 118 valence electrons. The Kier molecular flexibility index (Phi) is 5.13. The van der Waals surface area contributed by atoms with E-state index >= 15 is 0 Å². The third-order valence-corrected chi connectivity index (χ3v) is 3.84. The molecule has 1 N–H and O–H groups in total. The summed E-state index contributed by atoms with van der Waals surface area (Å²) < 4.78 is 2.65. The van der Waals surface area contributed by atoms with Crippen molar-refractivity contribution >= 4 is 27.5 Å². The van der Waals surface area contributed by atoms with E-state index in [0.717, 1.165) is 4.57 Å². The molecule has 0 saturated heterocycles. The zero-order valence-electron chi connectivity index (χ0n) is 12.2. The average molecular weight is 377 g/mol. The molecule has 1 aromatic heterocycles. The number of rotatable bonds is 4. The minimum Gasteiger partial charge on any atom is -0.323 e. The summed E-state index contributed by atoms with van der Waals surface area (Å²) in [5.74, 6) is -0.533. The van der Waals surface area contributed by atoms with E-state index < -0.39 is 23.7 Å². The summed E-state index contributed by atoms with van der Waals surface area (Å²) >= 11 is 3.29. The summed E-state index contributed by atoms with van der Waals surface area (Å²) in [5, 5.41) is 11.6. The lowest BCUT2D eigenvalue weighted by molar-refractivity contribution is -0.116. The van der Waals surface area contributed by atoms with Crippen LogP contribution in [-0.4, -0.2) is 15.0 Å². The van der Waals surface area contributed by atoms with E-state index in [1.165, 1.54) is 10.8 Å². The Balaban J connectivity index is 2.35. The fraction of sp³-hybridized carbons (Fsp3) is 0.200. The van der Waals surface area contributed by atoms with Gasteiger partial charge in [0.1, 0.15) is 18.2 Å². The van der Waals surface area contributed by atoms with E-state index in [1.54, 1.807) is 37.3 Å². The van der Waals surface area contributed by atoms with Crippen LogP contribution in [0.1, 0.15) is 12.5 Å². The molecule has 1 heterocycles. The van der Waals surface area contributed by atoms with Crippen molar-refractivity contribution in [1.82, 2.24) is 9.13 Å². The minimum atomic E-state index is -0.774. The van der Waals surface area contributed by atoms with Gasteiger partial charge in [0.2, 0.25) is 5.91 Å². The van der Waals surface area contributed by atoms with Gasteiger partial charge in [0.05, 0.1) is 5.69 Å². The molecule has 2 aromatic rings. The van der Waals surface area contributed by atoms with E-state index in [0.29, 0.717) is 16.7 Å². The van der Waals surface area contributed by atoms with Gasteiger partial charge >= 0.3 is 5.69 Å². The first-order valence-corrected chi connectivity index (χ1v) is 7.56. The lowest BCUT2D eigenvalue weighted by Crippen LogP contribution is -2.43. The first-order valence-electron chi connectivity index (χ1n) is 6.76. The maximum absolute atomic E-state index is 12.2. The third kappa shape index (κ3) is 3.57. The van der Waals surface area contributed by atoms with Gasteiger partial charge < -0.3 is 5.32 Å². The van der Waals surface area contributed by atoms with Crippen LogP contribution in [0.15, 0.2) is 44.5 Å². The fourth-order valence-corrected chi connectivity index (χ4v) is 2.38. The van der Waals surface area contributed by atoms with Gasteiger partial charge in [0, 0.05) is 17.2 Å². The Hall–Kier alpha value is -2.66. The summed E-state index contributed by atoms with van der Waals surface area (Å²) in [5.41, 5.74) is -1.05. The summed E-state index contributed by atoms with van der Waals surface area (Å²) in [6.07, 6.45) is 1.20. The number of aromatic nitrogens is 2. The van der Waals surface area contributed by atoms with Gasteiger partial charge in [-0.05, 0) is 35.0 Å². The number of hydrogen-bond acceptors (Lipinski definition) is 4. The molecule has 0 saturated carbocycles. The normalized spacial score (nSPS) is 10.1. The van der Waals surface area contributed by atoms with Crippen LogP contribution in [-0.2, 0) is 17.9 Å². The van der Waals surface area contributed by atoms with Crippen molar-refractivity contribution in [2.45, 2.75) is 20.0 Å². The number of benzene rings is 1. The summed E-state index contributed by atoms with van der Waals surface area (Å²) in [6, 6.07) is 8.71. The van der Waals surface area contributed by atoms with Crippen LogP contribution in [0, 0.1) is 11.3 Å². The number of nitrogens with one attached hydrogen (secondary N) is 1. The Morgan fingerprint density at radius 3 is 2.65 bits per heavy atom. The topological polar surface area (TPSA) is 96.9 Å². The van der Waals surface area contributed by atoms with Gasteiger partial charge in [-0.2, -0.15) is 5.26 Å². The molecule has 8 heteroatoms. The van der Waals surface area contributed by atoms with Crippen LogP contribution in [0.4, 0.5) is 5.69 Å². The number of nitrogens with zero attached hydrogens (tertiary/aromatic N) is 3. The summed E-state index contributed by atoms with van der Waals surface area (Å²) in [4.78, 5) is 36.4. The van der Waals surface area contributed by atoms with Crippen LogP contribution in [0.3, 0.4) is 0 Å². The maximum atomic E-state index is 12.2. The minimum absolute atomic E-state index is 0.180. The molecule has 0 radical (unpaired) electrons. The number of halogens is 1. The molecule has 0 spiro atoms. The van der Waals surface area contributed by atoms with Gasteiger partial charge in [-0.15, -0.1) is 0 Å². The van der Waals surface area contributed by atoms with Crippen molar-refractivity contribution < 1.29 is 4.79 Å². The predicted molar refractivity (Wildman–Crippen MR) is 88.1 cm³/mol. The predicted octanol–water partition coefficient (Wildman–Crippen LogP) is 1.30. The monoisotopic (exact) mass is 376 g/mol. The molecule has 0 atom stereocenters. The average Bonchev–Trinajstić information content (AvgIpc) is 2.54. The van der Waals surface area contributed by atoms with Gasteiger partial charge in [0.25, 0.3) is 5.56 Å². The fourth-order valence-electron chi connectivity index (χ4n) is 1.99. The van der Waals surface area contributed by atoms with E-state index in [2.05, 4.69) is 21.2 Å². The molecule has 0 aliphatic heterocycles. The van der Waals surface area contributed by atoms with Crippen LogP contribution in [0.25, 0.3) is 0 Å². The highest BCUT2D eigenvalue weighted by Gasteiger charge is 2.14. The number of para-hydroxylation sites is 1. The van der Waals surface area contributed by atoms with Gasteiger partial charge in [-0.3, -0.25) is 14.2 Å². The second-order valence-corrected chi connectivity index (χ2v) is 5.50. The third-order valence-electron chi connectivity index (χ3n) is 3.15. The zero-order chi connectivity index (χ0) is 17.0. The number of aryl methyl sites for hydroxylation is 1. The van der Waals surface area contributed by atoms with Crippen LogP contribution in [0.2, 0.25) is 0 Å². The van der Waals surface area contributed by atoms with E-state index in [9.17, 15) is 14.4 Å². The molecule has 1 amide bonds. The molecule has 1 aromatic carbocycles. The highest BCUT2D eigenvalue weighted by molar-refractivity contribution is 9.10. The molecule has 23 heavy (non-hydrogen) atoms. The SMILES string of the molecule is CCn1cc(C#N)c(=O)n(CC(=O)Nc2ccccc2Br)c1=O. The van der Waals surface area contributed by atoms with Crippen molar-refractivity contribution in [1.29, 1.82) is 5.26 Å². The second-order valence-electron chi connectivity index (χ2n) is 4.64. The second kappa shape index (κ2) is 7.07. The van der Waals surface area contributed by atoms with Crippen molar-refractivity contribution in [2.75, 3.05) is 5.32 Å². The first-order chi connectivity index (χ1) is 11.0. The molecular formula is C15H13BrN4O3. The molecule has 7 nitrogen and oxygen atoms in total. The van der Waals surface area contributed by atoms with Crippen molar-refractivity contribution in [3.05, 3.63) is 61.3 Å². The quantitative estimate of drug-likeness (QED) is 0.869. The number of amides is 1. The van der Waals surface area contributed by atoms with Gasteiger partial charge in [-0.1, -0.05) is 12.1 Å². The summed E-state index contributed by atoms with van der Waals surface area (Å²) in [7, 11) is 0. The Bertz CT molecular complexity index is 908. The highest BCUT2D eigenvalue weighted by Crippen LogP contribution is 2.20. The standard InChI is InChI=1S/C15H13BrN4O3/c1-2-19-8-10(7-17)14(22)20(15(19)23)9-13(21)18-12-6-4-3-5-11(12)16/h3-6,8H,2,9H2,1H3,(H,18,21). The van der Waals surface area contributed by atoms with Gasteiger partial charge in [0.15, 0.2) is 0 Å². The molecule has 0 bridgehead atoms. The number of carbonyl (C=O) groups is 1. The Morgan fingerprint density at radius 2 is 2.04 bits per heavy atom. The van der Waals surface area contributed by atoms with Crippen molar-refractivity contribution in [2.24, 2.45) is 0 Å². The zero-order valence-corrected chi connectivity index (χ0v) is 13.8. The van der Waals surface area contributed by atoms with E-state index in [-0.39, 0.29) is 5.56 Å². The van der Waals surface area contributed by atoms with E-state index in [1.807, 2.05) is 0 Å². The Morgan fingerprint density at radius 1 is 1.35 bits per heavy atom. The molecule has 0 aliphatic rings. The number of carbonyl (C=O) groups excluding carboxylic acids is 1. The largest absolute Gasteiger partial charge is 0.331 e. The lowest BCUT2D eigenvalue weighted by atomic mass is 10.3. The van der Waals surface area contributed by atoms with Crippen molar-refractivity contribution in [3.8, 4) is 6.07 Å². The Labute approximate surface area is 139 Å². The molecular weight excluding hydrogens is 364 g/mol. The van der Waals surface area contributed by atoms with Gasteiger partial charge in [-0.25, -0.2) is 9.36 Å². The molecule has 0 fully saturated rings. The van der Waals surface area contributed by atoms with E-state index in [4.69, 9.17) is 5.26 Å². The molecule has 0 unspecified atom stereocenters. The number of nitriles is 1. The molecule has 0 aliphatic carbocycles. The first kappa shape index (κ1) is 16.7. The maximum Gasteiger partial charge on any atom is 0.331 e. The van der Waals surface area contributed by atoms with Crippen LogP contribution in [0.5, 0.6) is 0 Å². The molecule has 2 rings (SSSR count). The van der Waals surface area contributed by atoms with Crippen molar-refractivity contribution in [3.63, 3.8) is 0 Å². The number of anilines is 1. The van der Waals surface area contributed by atoms with Crippen LogP contribution >= 0.6 is 15.9 Å².